The van der Waals surface area contributed by atoms with Gasteiger partial charge in [-0.2, -0.15) is 5.10 Å². The number of benzene rings is 1. The van der Waals surface area contributed by atoms with Crippen LogP contribution in [-0.2, 0) is 13.6 Å². The molecule has 3 aromatic rings. The summed E-state index contributed by atoms with van der Waals surface area (Å²) in [4.78, 5) is 29.3. The maximum absolute atomic E-state index is 12.9. The van der Waals surface area contributed by atoms with Crippen LogP contribution >= 0.6 is 0 Å². The zero-order valence-electron chi connectivity index (χ0n) is 16.8. The van der Waals surface area contributed by atoms with E-state index >= 15 is 0 Å². The molecule has 0 spiro atoms. The number of imidazole rings is 1. The lowest BCUT2D eigenvalue weighted by atomic mass is 10.1. The van der Waals surface area contributed by atoms with Crippen LogP contribution in [0.4, 0.5) is 0 Å². The summed E-state index contributed by atoms with van der Waals surface area (Å²) in [6.07, 6.45) is 5.26. The van der Waals surface area contributed by atoms with Gasteiger partial charge >= 0.3 is 0 Å². The highest BCUT2D eigenvalue weighted by atomic mass is 16.5. The number of nitrogens with one attached hydrogen (secondary N) is 1. The van der Waals surface area contributed by atoms with Crippen molar-refractivity contribution in [3.8, 4) is 5.75 Å². The molecule has 0 bridgehead atoms. The van der Waals surface area contributed by atoms with Gasteiger partial charge in [-0.3, -0.25) is 9.59 Å². The molecular weight excluding hydrogens is 370 g/mol. The average molecular weight is 395 g/mol. The van der Waals surface area contributed by atoms with Gasteiger partial charge in [0.25, 0.3) is 11.5 Å². The molecule has 0 aliphatic carbocycles. The molecule has 1 unspecified atom stereocenters. The highest BCUT2D eigenvalue weighted by molar-refractivity contribution is 5.92. The van der Waals surface area contributed by atoms with E-state index < -0.39 is 6.04 Å². The summed E-state index contributed by atoms with van der Waals surface area (Å²) in [6.45, 7) is 2.52. The number of nitrogens with zero attached hydrogens (tertiary/aromatic N) is 4. The summed E-state index contributed by atoms with van der Waals surface area (Å²) < 4.78 is 8.41. The van der Waals surface area contributed by atoms with Gasteiger partial charge in [0, 0.05) is 32.1 Å². The summed E-state index contributed by atoms with van der Waals surface area (Å²) in [5, 5.41) is 7.22. The van der Waals surface area contributed by atoms with E-state index in [1.54, 1.807) is 13.3 Å². The first-order valence-electron chi connectivity index (χ1n) is 9.53. The Labute approximate surface area is 169 Å². The number of unbranched alkanes of at least 4 members (excludes halogenated alkanes) is 1. The van der Waals surface area contributed by atoms with Crippen molar-refractivity contribution in [3.05, 3.63) is 76.2 Å². The van der Waals surface area contributed by atoms with E-state index in [4.69, 9.17) is 4.74 Å². The first-order chi connectivity index (χ1) is 14.0. The van der Waals surface area contributed by atoms with Crippen molar-refractivity contribution in [1.82, 2.24) is 24.6 Å². The molecule has 3 rings (SSSR count). The Morgan fingerprint density at radius 2 is 1.97 bits per heavy atom. The van der Waals surface area contributed by atoms with Crippen molar-refractivity contribution in [2.24, 2.45) is 7.05 Å². The third-order valence-electron chi connectivity index (χ3n) is 4.66. The second-order valence-corrected chi connectivity index (χ2v) is 6.71. The minimum Gasteiger partial charge on any atom is -0.497 e. The van der Waals surface area contributed by atoms with E-state index in [0.29, 0.717) is 12.4 Å². The van der Waals surface area contributed by atoms with Crippen LogP contribution in [-0.4, -0.2) is 32.3 Å². The number of rotatable bonds is 8. The second kappa shape index (κ2) is 9.18. The predicted octanol–water partition coefficient (Wildman–Crippen LogP) is 2.30. The number of carbonyl (C=O) groups is 1. The number of aryl methyl sites for hydroxylation is 2. The van der Waals surface area contributed by atoms with Crippen molar-refractivity contribution in [1.29, 1.82) is 0 Å². The van der Waals surface area contributed by atoms with E-state index in [2.05, 4.69) is 15.4 Å². The molecule has 0 fully saturated rings. The van der Waals surface area contributed by atoms with Gasteiger partial charge in [-0.25, -0.2) is 9.67 Å². The topological polar surface area (TPSA) is 91.0 Å². The van der Waals surface area contributed by atoms with Crippen LogP contribution in [0.2, 0.25) is 0 Å². The van der Waals surface area contributed by atoms with Crippen LogP contribution in [0.5, 0.6) is 5.75 Å². The van der Waals surface area contributed by atoms with Crippen LogP contribution in [0.3, 0.4) is 0 Å². The maximum Gasteiger partial charge on any atom is 0.272 e. The first kappa shape index (κ1) is 20.3. The quantitative estimate of drug-likeness (QED) is 0.632. The molecule has 2 aromatic heterocycles. The fourth-order valence-corrected chi connectivity index (χ4v) is 2.99. The highest BCUT2D eigenvalue weighted by Gasteiger charge is 2.22. The Balaban J connectivity index is 1.90. The predicted molar refractivity (Wildman–Crippen MR) is 109 cm³/mol. The fourth-order valence-electron chi connectivity index (χ4n) is 2.99. The molecule has 1 N–H and O–H groups in total. The third-order valence-corrected chi connectivity index (χ3v) is 4.66. The zero-order chi connectivity index (χ0) is 20.8. The molecule has 0 radical (unpaired) electrons. The van der Waals surface area contributed by atoms with Gasteiger partial charge in [-0.05, 0) is 30.2 Å². The SMILES string of the molecule is CCCCn1nc(C(=O)NC(c2ccc(OC)cc2)c2nccn2C)ccc1=O. The van der Waals surface area contributed by atoms with Crippen LogP contribution < -0.4 is 15.6 Å². The first-order valence-corrected chi connectivity index (χ1v) is 9.53. The molecule has 8 heteroatoms. The molecule has 29 heavy (non-hydrogen) atoms. The van der Waals surface area contributed by atoms with Crippen LogP contribution in [0.15, 0.2) is 53.6 Å². The molecule has 0 aliphatic rings. The van der Waals surface area contributed by atoms with Gasteiger partial charge in [0.15, 0.2) is 0 Å². The number of aromatic nitrogens is 4. The molecule has 152 valence electrons. The fraction of sp³-hybridized carbons (Fsp3) is 0.333. The molecule has 2 heterocycles. The van der Waals surface area contributed by atoms with E-state index in [1.807, 2.05) is 49.0 Å². The summed E-state index contributed by atoms with van der Waals surface area (Å²) in [5.74, 6) is 1.03. The molecule has 1 atom stereocenters. The van der Waals surface area contributed by atoms with Crippen molar-refractivity contribution < 1.29 is 9.53 Å². The van der Waals surface area contributed by atoms with E-state index in [1.165, 1.54) is 16.8 Å². The normalized spacial score (nSPS) is 11.8. The summed E-state index contributed by atoms with van der Waals surface area (Å²) in [5.41, 5.74) is 0.826. The molecule has 0 saturated carbocycles. The van der Waals surface area contributed by atoms with Crippen LogP contribution in [0.25, 0.3) is 0 Å². The minimum atomic E-state index is -0.480. The smallest absolute Gasteiger partial charge is 0.272 e. The second-order valence-electron chi connectivity index (χ2n) is 6.71. The number of carbonyl (C=O) groups excluding carboxylic acids is 1. The van der Waals surface area contributed by atoms with Crippen molar-refractivity contribution in [2.75, 3.05) is 7.11 Å². The Bertz CT molecular complexity index is 1020. The number of methoxy groups -OCH3 is 1. The molecule has 8 nitrogen and oxygen atoms in total. The van der Waals surface area contributed by atoms with Gasteiger partial charge < -0.3 is 14.6 Å². The number of ether oxygens (including phenoxy) is 1. The Hall–Kier alpha value is -3.42. The van der Waals surface area contributed by atoms with Crippen LogP contribution in [0.1, 0.15) is 47.7 Å². The zero-order valence-corrected chi connectivity index (χ0v) is 16.8. The van der Waals surface area contributed by atoms with Gasteiger partial charge in [-0.15, -0.1) is 0 Å². The third kappa shape index (κ3) is 4.71. The highest BCUT2D eigenvalue weighted by Crippen LogP contribution is 2.23. The number of amides is 1. The molecular formula is C21H25N5O3. The van der Waals surface area contributed by atoms with Gasteiger partial charge in [0.05, 0.1) is 7.11 Å². The van der Waals surface area contributed by atoms with Gasteiger partial charge in [-0.1, -0.05) is 25.5 Å². The largest absolute Gasteiger partial charge is 0.497 e. The summed E-state index contributed by atoms with van der Waals surface area (Å²) in [6, 6.07) is 9.78. The molecule has 1 aromatic carbocycles. The van der Waals surface area contributed by atoms with Crippen molar-refractivity contribution in [2.45, 2.75) is 32.4 Å². The lowest BCUT2D eigenvalue weighted by Crippen LogP contribution is -2.33. The van der Waals surface area contributed by atoms with Crippen molar-refractivity contribution in [3.63, 3.8) is 0 Å². The van der Waals surface area contributed by atoms with E-state index in [0.717, 1.165) is 24.2 Å². The van der Waals surface area contributed by atoms with Gasteiger partial charge in [0.1, 0.15) is 23.3 Å². The monoisotopic (exact) mass is 395 g/mol. The minimum absolute atomic E-state index is 0.188. The number of hydrogen-bond donors (Lipinski definition) is 1. The Kier molecular flexibility index (Phi) is 6.43. The lowest BCUT2D eigenvalue weighted by molar-refractivity contribution is 0.0933. The molecule has 1 amide bonds. The molecule has 0 saturated heterocycles. The lowest BCUT2D eigenvalue weighted by Gasteiger charge is -2.19. The van der Waals surface area contributed by atoms with Crippen molar-refractivity contribution >= 4 is 5.91 Å². The summed E-state index contributed by atoms with van der Waals surface area (Å²) in [7, 11) is 3.47. The van der Waals surface area contributed by atoms with E-state index in [9.17, 15) is 9.59 Å². The Morgan fingerprint density at radius 1 is 1.21 bits per heavy atom. The average Bonchev–Trinajstić information content (AvgIpc) is 3.17. The van der Waals surface area contributed by atoms with E-state index in [-0.39, 0.29) is 17.2 Å². The van der Waals surface area contributed by atoms with Crippen LogP contribution in [0, 0.1) is 0 Å². The standard InChI is InChI=1S/C21H25N5O3/c1-4-5-13-26-18(27)11-10-17(24-26)21(28)23-19(20-22-12-14-25(20)2)15-6-8-16(29-3)9-7-15/h6-12,14,19H,4-5,13H2,1-3H3,(H,23,28). The Morgan fingerprint density at radius 3 is 2.59 bits per heavy atom. The maximum atomic E-state index is 12.9. The van der Waals surface area contributed by atoms with Gasteiger partial charge in [0.2, 0.25) is 0 Å². The molecule has 0 aliphatic heterocycles. The summed E-state index contributed by atoms with van der Waals surface area (Å²) >= 11 is 0. The number of hydrogen-bond acceptors (Lipinski definition) is 5.